The van der Waals surface area contributed by atoms with Crippen LogP contribution in [0, 0.1) is 0 Å². The molecule has 0 spiro atoms. The summed E-state index contributed by atoms with van der Waals surface area (Å²) in [7, 11) is 0. The molecule has 1 aromatic carbocycles. The molecule has 4 rings (SSSR count). The molecule has 1 aliphatic rings. The predicted octanol–water partition coefficient (Wildman–Crippen LogP) is 5.06. The topological polar surface area (TPSA) is 69.8 Å². The van der Waals surface area contributed by atoms with Crippen molar-refractivity contribution in [3.8, 4) is 0 Å². The number of carbonyl (C=O) groups is 1. The third-order valence-electron chi connectivity index (χ3n) is 5.03. The fraction of sp³-hybridized carbons (Fsp3) is 0.300. The van der Waals surface area contributed by atoms with Gasteiger partial charge in [-0.1, -0.05) is 24.1 Å². The van der Waals surface area contributed by atoms with Crippen LogP contribution in [0.15, 0.2) is 48.8 Å². The lowest BCUT2D eigenvalue weighted by atomic mass is 9.81. The highest BCUT2D eigenvalue weighted by atomic mass is 35.5. The molecule has 0 bridgehead atoms. The standard InChI is InChI=1S/C20H21ClN4O/c21-14-7-8-18-16(11-14)17(12-23-18)13-4-3-5-15(10-13)24-20(26)25-19-6-1-2-9-22-19/h1-2,6-9,11-13,15,23H,3-5,10H2,(H2,22,24,25,26)/t13-,15?/m1/s1. The number of rotatable bonds is 3. The van der Waals surface area contributed by atoms with Crippen molar-refractivity contribution < 1.29 is 4.79 Å². The molecule has 0 radical (unpaired) electrons. The van der Waals surface area contributed by atoms with Gasteiger partial charge in [0.05, 0.1) is 0 Å². The molecule has 134 valence electrons. The molecule has 1 fully saturated rings. The number of benzene rings is 1. The van der Waals surface area contributed by atoms with Crippen LogP contribution in [0.5, 0.6) is 0 Å². The van der Waals surface area contributed by atoms with Gasteiger partial charge in [0, 0.05) is 34.4 Å². The van der Waals surface area contributed by atoms with Crippen molar-refractivity contribution >= 4 is 34.4 Å². The smallest absolute Gasteiger partial charge is 0.320 e. The van der Waals surface area contributed by atoms with Crippen LogP contribution < -0.4 is 10.6 Å². The van der Waals surface area contributed by atoms with Crippen LogP contribution >= 0.6 is 11.6 Å². The van der Waals surface area contributed by atoms with Crippen LogP contribution in [0.2, 0.25) is 5.02 Å². The van der Waals surface area contributed by atoms with E-state index in [1.54, 1.807) is 12.3 Å². The summed E-state index contributed by atoms with van der Waals surface area (Å²) in [5.41, 5.74) is 2.39. The molecule has 2 atom stereocenters. The summed E-state index contributed by atoms with van der Waals surface area (Å²) in [6.07, 6.45) is 7.88. The average molecular weight is 369 g/mol. The van der Waals surface area contributed by atoms with E-state index in [0.29, 0.717) is 11.7 Å². The molecular weight excluding hydrogens is 348 g/mol. The maximum atomic E-state index is 12.2. The van der Waals surface area contributed by atoms with Crippen molar-refractivity contribution in [1.82, 2.24) is 15.3 Å². The molecule has 0 saturated heterocycles. The van der Waals surface area contributed by atoms with E-state index in [2.05, 4.69) is 26.8 Å². The van der Waals surface area contributed by atoms with Crippen molar-refractivity contribution in [3.63, 3.8) is 0 Å². The molecule has 1 aliphatic carbocycles. The van der Waals surface area contributed by atoms with Gasteiger partial charge in [0.15, 0.2) is 0 Å². The van der Waals surface area contributed by atoms with E-state index in [4.69, 9.17) is 11.6 Å². The minimum absolute atomic E-state index is 0.154. The minimum atomic E-state index is -0.198. The first kappa shape index (κ1) is 16.9. The van der Waals surface area contributed by atoms with Gasteiger partial charge in [-0.2, -0.15) is 0 Å². The largest absolute Gasteiger partial charge is 0.361 e. The van der Waals surface area contributed by atoms with Crippen LogP contribution in [0.4, 0.5) is 10.6 Å². The lowest BCUT2D eigenvalue weighted by molar-refractivity contribution is 0.242. The van der Waals surface area contributed by atoms with E-state index < -0.39 is 0 Å². The SMILES string of the molecule is O=C(Nc1ccccn1)NC1CCC[C@@H](c2c[nH]c3ccc(Cl)cc23)C1. The van der Waals surface area contributed by atoms with Gasteiger partial charge in [0.25, 0.3) is 0 Å². The van der Waals surface area contributed by atoms with Crippen molar-refractivity contribution in [2.75, 3.05) is 5.32 Å². The maximum absolute atomic E-state index is 12.2. The zero-order chi connectivity index (χ0) is 17.9. The van der Waals surface area contributed by atoms with Gasteiger partial charge in [-0.25, -0.2) is 9.78 Å². The Kier molecular flexibility index (Phi) is 4.80. The number of amides is 2. The molecule has 2 aromatic heterocycles. The number of aromatic nitrogens is 2. The first-order valence-electron chi connectivity index (χ1n) is 8.94. The quantitative estimate of drug-likeness (QED) is 0.604. The summed E-state index contributed by atoms with van der Waals surface area (Å²) in [6, 6.07) is 11.3. The summed E-state index contributed by atoms with van der Waals surface area (Å²) in [6.45, 7) is 0. The molecule has 2 amide bonds. The fourth-order valence-corrected chi connectivity index (χ4v) is 4.00. The minimum Gasteiger partial charge on any atom is -0.361 e. The second-order valence-electron chi connectivity index (χ2n) is 6.81. The number of H-pyrrole nitrogens is 1. The van der Waals surface area contributed by atoms with Gasteiger partial charge >= 0.3 is 6.03 Å². The number of carbonyl (C=O) groups excluding carboxylic acids is 1. The van der Waals surface area contributed by atoms with Crippen LogP contribution in [0.3, 0.4) is 0 Å². The zero-order valence-corrected chi connectivity index (χ0v) is 15.1. The average Bonchev–Trinajstić information content (AvgIpc) is 3.05. The first-order chi connectivity index (χ1) is 12.7. The summed E-state index contributed by atoms with van der Waals surface area (Å²) < 4.78 is 0. The van der Waals surface area contributed by atoms with Gasteiger partial charge in [-0.15, -0.1) is 0 Å². The normalized spacial score (nSPS) is 20.0. The Bertz CT molecular complexity index is 909. The number of anilines is 1. The Morgan fingerprint density at radius 2 is 2.15 bits per heavy atom. The fourth-order valence-electron chi connectivity index (χ4n) is 3.83. The van der Waals surface area contributed by atoms with E-state index in [0.717, 1.165) is 36.2 Å². The number of urea groups is 1. The number of halogens is 1. The second kappa shape index (κ2) is 7.38. The number of nitrogens with zero attached hydrogens (tertiary/aromatic N) is 1. The molecule has 26 heavy (non-hydrogen) atoms. The Labute approximate surface area is 157 Å². The van der Waals surface area contributed by atoms with Crippen molar-refractivity contribution in [1.29, 1.82) is 0 Å². The first-order valence-corrected chi connectivity index (χ1v) is 9.32. The Hall–Kier alpha value is -2.53. The number of pyridine rings is 1. The van der Waals surface area contributed by atoms with Crippen LogP contribution in [-0.2, 0) is 0 Å². The third kappa shape index (κ3) is 3.68. The Balaban J connectivity index is 1.44. The predicted molar refractivity (Wildman–Crippen MR) is 105 cm³/mol. The molecule has 1 saturated carbocycles. The molecule has 2 heterocycles. The van der Waals surface area contributed by atoms with E-state index >= 15 is 0 Å². The molecular formula is C20H21ClN4O. The zero-order valence-electron chi connectivity index (χ0n) is 14.3. The van der Waals surface area contributed by atoms with Gasteiger partial charge in [-0.05, 0) is 61.1 Å². The summed E-state index contributed by atoms with van der Waals surface area (Å²) in [5, 5.41) is 7.81. The highest BCUT2D eigenvalue weighted by Gasteiger charge is 2.26. The summed E-state index contributed by atoms with van der Waals surface area (Å²) >= 11 is 6.18. The number of hydrogen-bond acceptors (Lipinski definition) is 2. The molecule has 6 heteroatoms. The van der Waals surface area contributed by atoms with Gasteiger partial charge in [-0.3, -0.25) is 5.32 Å². The van der Waals surface area contributed by atoms with E-state index in [1.807, 2.05) is 30.3 Å². The number of hydrogen-bond donors (Lipinski definition) is 3. The molecule has 3 aromatic rings. The van der Waals surface area contributed by atoms with Crippen LogP contribution in [0.25, 0.3) is 10.9 Å². The Morgan fingerprint density at radius 1 is 1.23 bits per heavy atom. The Morgan fingerprint density at radius 3 is 3.00 bits per heavy atom. The van der Waals surface area contributed by atoms with E-state index in [1.165, 1.54) is 10.9 Å². The van der Waals surface area contributed by atoms with Crippen molar-refractivity contribution in [2.24, 2.45) is 0 Å². The van der Waals surface area contributed by atoms with Crippen molar-refractivity contribution in [3.05, 3.63) is 59.4 Å². The monoisotopic (exact) mass is 368 g/mol. The highest BCUT2D eigenvalue weighted by molar-refractivity contribution is 6.31. The number of fused-ring (bicyclic) bond motifs is 1. The number of aromatic amines is 1. The lowest BCUT2D eigenvalue weighted by Crippen LogP contribution is -2.40. The van der Waals surface area contributed by atoms with Gasteiger partial charge in [0.2, 0.25) is 0 Å². The summed E-state index contributed by atoms with van der Waals surface area (Å²) in [4.78, 5) is 19.7. The maximum Gasteiger partial charge on any atom is 0.320 e. The molecule has 5 nitrogen and oxygen atoms in total. The van der Waals surface area contributed by atoms with Gasteiger partial charge < -0.3 is 10.3 Å². The van der Waals surface area contributed by atoms with Crippen LogP contribution in [-0.4, -0.2) is 22.0 Å². The molecule has 1 unspecified atom stereocenters. The molecule has 0 aliphatic heterocycles. The van der Waals surface area contributed by atoms with Crippen molar-refractivity contribution in [2.45, 2.75) is 37.6 Å². The van der Waals surface area contributed by atoms with E-state index in [-0.39, 0.29) is 12.1 Å². The van der Waals surface area contributed by atoms with Gasteiger partial charge in [0.1, 0.15) is 5.82 Å². The molecule has 3 N–H and O–H groups in total. The number of nitrogens with one attached hydrogen (secondary N) is 3. The van der Waals surface area contributed by atoms with E-state index in [9.17, 15) is 4.79 Å². The lowest BCUT2D eigenvalue weighted by Gasteiger charge is -2.29. The highest BCUT2D eigenvalue weighted by Crippen LogP contribution is 2.37. The third-order valence-corrected chi connectivity index (χ3v) is 5.27. The van der Waals surface area contributed by atoms with Crippen LogP contribution in [0.1, 0.15) is 37.2 Å². The second-order valence-corrected chi connectivity index (χ2v) is 7.24. The summed E-state index contributed by atoms with van der Waals surface area (Å²) in [5.74, 6) is 0.972.